The summed E-state index contributed by atoms with van der Waals surface area (Å²) in [6, 6.07) is 1.65. The van der Waals surface area contributed by atoms with E-state index in [1.807, 2.05) is 6.92 Å². The van der Waals surface area contributed by atoms with E-state index in [2.05, 4.69) is 15.1 Å². The lowest BCUT2D eigenvalue weighted by Gasteiger charge is -2.36. The zero-order valence-corrected chi connectivity index (χ0v) is 19.1. The molecule has 0 unspecified atom stereocenters. The summed E-state index contributed by atoms with van der Waals surface area (Å²) in [6.45, 7) is 1.85. The van der Waals surface area contributed by atoms with Crippen molar-refractivity contribution in [1.82, 2.24) is 18.8 Å². The van der Waals surface area contributed by atoms with E-state index in [0.29, 0.717) is 22.9 Å². The van der Waals surface area contributed by atoms with E-state index in [-0.39, 0.29) is 6.42 Å². The summed E-state index contributed by atoms with van der Waals surface area (Å²) in [5.41, 5.74) is 1.93. The van der Waals surface area contributed by atoms with Crippen LogP contribution in [0.15, 0.2) is 18.3 Å². The van der Waals surface area contributed by atoms with Crippen molar-refractivity contribution < 1.29 is 27.4 Å². The van der Waals surface area contributed by atoms with Crippen LogP contribution in [-0.4, -0.2) is 62.8 Å². The van der Waals surface area contributed by atoms with Crippen LogP contribution >= 0.6 is 0 Å². The van der Waals surface area contributed by atoms with E-state index in [1.54, 1.807) is 30.1 Å². The third-order valence-corrected chi connectivity index (χ3v) is 7.05. The third kappa shape index (κ3) is 4.31. The molecule has 3 rings (SSSR count). The van der Waals surface area contributed by atoms with Gasteiger partial charge < -0.3 is 19.5 Å². The Balaban J connectivity index is 1.90. The molecule has 2 heterocycles. The first-order chi connectivity index (χ1) is 14.6. The average Bonchev–Trinajstić information content (AvgIpc) is 3.07. The van der Waals surface area contributed by atoms with Crippen LogP contribution in [0, 0.1) is 6.92 Å². The van der Waals surface area contributed by atoms with E-state index < -0.39 is 28.2 Å². The highest BCUT2D eigenvalue weighted by Crippen LogP contribution is 2.40. The largest absolute Gasteiger partial charge is 0.493 e. The topological polar surface area (TPSA) is 124 Å². The molecule has 1 aliphatic heterocycles. The lowest BCUT2D eigenvalue weighted by atomic mass is 10.00. The Hall–Kier alpha value is -2.83. The van der Waals surface area contributed by atoms with Gasteiger partial charge in [-0.2, -0.15) is 22.5 Å². The van der Waals surface area contributed by atoms with Crippen LogP contribution < -0.4 is 24.2 Å². The monoisotopic (exact) mass is 453 g/mol. The smallest absolute Gasteiger partial charge is 0.280 e. The third-order valence-electron chi connectivity index (χ3n) is 5.45. The lowest BCUT2D eigenvalue weighted by Crippen LogP contribution is -2.56. The fourth-order valence-electron chi connectivity index (χ4n) is 3.55. The van der Waals surface area contributed by atoms with Gasteiger partial charge in [0.15, 0.2) is 11.5 Å². The molecule has 2 atom stereocenters. The second kappa shape index (κ2) is 8.73. The number of anilines is 1. The maximum Gasteiger partial charge on any atom is 0.280 e. The standard InChI is InChI=1S/C19H27N5O6S/c1-11-13(10-20-23(11)2)14-9-15(24(3)31(26,27)22-14)19(25)21-12-7-16(28-4)18(30-6)17(8-12)29-5/h7-8,10,14-15,22H,9H2,1-6H3,(H,21,25)/t14-,15-/m0/s1. The highest BCUT2D eigenvalue weighted by atomic mass is 32.2. The number of ether oxygens (including phenoxy) is 3. The van der Waals surface area contributed by atoms with Crippen LogP contribution in [-0.2, 0) is 22.1 Å². The molecule has 0 bridgehead atoms. The average molecular weight is 454 g/mol. The minimum Gasteiger partial charge on any atom is -0.493 e. The first kappa shape index (κ1) is 22.8. The van der Waals surface area contributed by atoms with Crippen LogP contribution in [0.3, 0.4) is 0 Å². The van der Waals surface area contributed by atoms with Gasteiger partial charge in [0.2, 0.25) is 11.7 Å². The van der Waals surface area contributed by atoms with Gasteiger partial charge in [0.1, 0.15) is 6.04 Å². The van der Waals surface area contributed by atoms with Crippen molar-refractivity contribution in [3.63, 3.8) is 0 Å². The minimum atomic E-state index is -3.87. The summed E-state index contributed by atoms with van der Waals surface area (Å²) in [5, 5.41) is 6.94. The summed E-state index contributed by atoms with van der Waals surface area (Å²) in [7, 11) is 3.69. The molecule has 170 valence electrons. The number of amides is 1. The van der Waals surface area contributed by atoms with E-state index in [1.165, 1.54) is 28.4 Å². The first-order valence-corrected chi connectivity index (χ1v) is 10.9. The van der Waals surface area contributed by atoms with Crippen molar-refractivity contribution in [2.45, 2.75) is 25.4 Å². The van der Waals surface area contributed by atoms with Gasteiger partial charge in [-0.1, -0.05) is 0 Å². The van der Waals surface area contributed by atoms with Crippen LogP contribution in [0.1, 0.15) is 23.7 Å². The molecule has 11 nitrogen and oxygen atoms in total. The van der Waals surface area contributed by atoms with Crippen molar-refractivity contribution in [3.05, 3.63) is 29.6 Å². The van der Waals surface area contributed by atoms with Crippen molar-refractivity contribution >= 4 is 21.8 Å². The van der Waals surface area contributed by atoms with Crippen LogP contribution in [0.25, 0.3) is 0 Å². The Kier molecular flexibility index (Phi) is 6.43. The molecule has 2 aromatic rings. The number of aromatic nitrogens is 2. The van der Waals surface area contributed by atoms with E-state index in [9.17, 15) is 13.2 Å². The van der Waals surface area contributed by atoms with Crippen molar-refractivity contribution in [3.8, 4) is 17.2 Å². The summed E-state index contributed by atoms with van der Waals surface area (Å²) in [5.74, 6) is 0.643. The lowest BCUT2D eigenvalue weighted by molar-refractivity contribution is -0.120. The molecule has 0 spiro atoms. The Morgan fingerprint density at radius 2 is 1.77 bits per heavy atom. The Morgan fingerprint density at radius 1 is 1.16 bits per heavy atom. The number of methoxy groups -OCH3 is 3. The molecule has 1 fully saturated rings. The molecule has 2 N–H and O–H groups in total. The summed E-state index contributed by atoms with van der Waals surface area (Å²) in [4.78, 5) is 13.1. The van der Waals surface area contributed by atoms with Gasteiger partial charge in [-0.25, -0.2) is 0 Å². The number of carbonyl (C=O) groups is 1. The Labute approximate surface area is 181 Å². The predicted octanol–water partition coefficient (Wildman–Crippen LogP) is 0.973. The molecular formula is C19H27N5O6S. The predicted molar refractivity (Wildman–Crippen MR) is 114 cm³/mol. The normalized spacial score (nSPS) is 20.8. The van der Waals surface area contributed by atoms with Gasteiger partial charge >= 0.3 is 0 Å². The summed E-state index contributed by atoms with van der Waals surface area (Å²) >= 11 is 0. The van der Waals surface area contributed by atoms with Gasteiger partial charge in [0.25, 0.3) is 10.2 Å². The zero-order valence-electron chi connectivity index (χ0n) is 18.3. The zero-order chi connectivity index (χ0) is 22.9. The van der Waals surface area contributed by atoms with Crippen LogP contribution in [0.5, 0.6) is 17.2 Å². The molecule has 31 heavy (non-hydrogen) atoms. The molecular weight excluding hydrogens is 426 g/mol. The van der Waals surface area contributed by atoms with Crippen molar-refractivity contribution in [2.75, 3.05) is 33.7 Å². The highest BCUT2D eigenvalue weighted by Gasteiger charge is 2.41. The molecule has 1 aromatic heterocycles. The quantitative estimate of drug-likeness (QED) is 0.668. The van der Waals surface area contributed by atoms with Crippen LogP contribution in [0.4, 0.5) is 5.69 Å². The summed E-state index contributed by atoms with van der Waals surface area (Å²) < 4.78 is 46.6. The molecule has 12 heteroatoms. The number of nitrogens with zero attached hydrogens (tertiary/aromatic N) is 3. The molecule has 1 amide bonds. The molecule has 0 radical (unpaired) electrons. The minimum absolute atomic E-state index is 0.235. The van der Waals surface area contributed by atoms with Gasteiger partial charge in [0.05, 0.1) is 33.6 Å². The number of rotatable bonds is 6. The van der Waals surface area contributed by atoms with Gasteiger partial charge in [0, 0.05) is 43.2 Å². The SMILES string of the molecule is COc1cc(NC(=O)[C@@H]2C[C@@H](c3cnn(C)c3C)NS(=O)(=O)N2C)cc(OC)c1OC. The van der Waals surface area contributed by atoms with Gasteiger partial charge in [-0.05, 0) is 13.3 Å². The Morgan fingerprint density at radius 3 is 2.26 bits per heavy atom. The van der Waals surface area contributed by atoms with E-state index in [0.717, 1.165) is 15.6 Å². The number of hydrogen-bond acceptors (Lipinski definition) is 7. The highest BCUT2D eigenvalue weighted by molar-refractivity contribution is 7.87. The number of aryl methyl sites for hydroxylation is 1. The fourth-order valence-corrected chi connectivity index (χ4v) is 4.82. The van der Waals surface area contributed by atoms with Crippen molar-refractivity contribution in [2.24, 2.45) is 7.05 Å². The van der Waals surface area contributed by atoms with E-state index >= 15 is 0 Å². The molecule has 1 aliphatic rings. The van der Waals surface area contributed by atoms with Crippen LogP contribution in [0.2, 0.25) is 0 Å². The number of carbonyl (C=O) groups excluding carboxylic acids is 1. The van der Waals surface area contributed by atoms with E-state index in [4.69, 9.17) is 14.2 Å². The van der Waals surface area contributed by atoms with Gasteiger partial charge in [-0.3, -0.25) is 9.48 Å². The molecule has 0 saturated carbocycles. The Bertz CT molecular complexity index is 1060. The maximum atomic E-state index is 13.1. The van der Waals surface area contributed by atoms with Gasteiger partial charge in [-0.15, -0.1) is 0 Å². The molecule has 0 aliphatic carbocycles. The second-order valence-electron chi connectivity index (χ2n) is 7.16. The molecule has 1 aromatic carbocycles. The van der Waals surface area contributed by atoms with Crippen molar-refractivity contribution in [1.29, 1.82) is 0 Å². The number of benzene rings is 1. The summed E-state index contributed by atoms with van der Waals surface area (Å²) in [6.07, 6.45) is 1.85. The second-order valence-corrected chi connectivity index (χ2v) is 8.92. The molecule has 1 saturated heterocycles. The number of likely N-dealkylation sites (N-methyl/N-ethyl adjacent to an activating group) is 1. The maximum absolute atomic E-state index is 13.1. The fraction of sp³-hybridized carbons (Fsp3) is 0.474. The first-order valence-electron chi connectivity index (χ1n) is 9.47. The number of hydrogen-bond donors (Lipinski definition) is 2. The number of nitrogens with one attached hydrogen (secondary N) is 2.